The van der Waals surface area contributed by atoms with Crippen molar-refractivity contribution in [1.29, 1.82) is 0 Å². The molecule has 0 radical (unpaired) electrons. The number of hydrogen-bond donors (Lipinski definition) is 1. The first-order valence-corrected chi connectivity index (χ1v) is 9.23. The molecule has 1 N–H and O–H groups in total. The van der Waals surface area contributed by atoms with E-state index in [0.717, 1.165) is 24.3 Å². The van der Waals surface area contributed by atoms with Crippen molar-refractivity contribution in [3.05, 3.63) is 51.7 Å². The van der Waals surface area contributed by atoms with Gasteiger partial charge in [-0.2, -0.15) is 0 Å². The van der Waals surface area contributed by atoms with Crippen LogP contribution in [0, 0.1) is 13.8 Å². The van der Waals surface area contributed by atoms with Crippen molar-refractivity contribution in [3.8, 4) is 0 Å². The van der Waals surface area contributed by atoms with Gasteiger partial charge in [0, 0.05) is 6.42 Å². The van der Waals surface area contributed by atoms with Gasteiger partial charge in [0.1, 0.15) is 5.69 Å². The molecule has 0 spiro atoms. The van der Waals surface area contributed by atoms with Gasteiger partial charge in [0.15, 0.2) is 6.54 Å². The van der Waals surface area contributed by atoms with Crippen LogP contribution in [0.15, 0.2) is 35.7 Å². The average molecular weight is 327 g/mol. The van der Waals surface area contributed by atoms with Crippen LogP contribution in [0.4, 0.5) is 5.69 Å². The van der Waals surface area contributed by atoms with Crippen molar-refractivity contribution in [2.45, 2.75) is 38.8 Å². The Bertz CT molecular complexity index is 766. The Labute approximate surface area is 141 Å². The largest absolute Gasteiger partial charge is 0.346 e. The molecule has 1 atom stereocenters. The van der Waals surface area contributed by atoms with Crippen LogP contribution in [0.2, 0.25) is 0 Å². The molecule has 0 saturated carbocycles. The van der Waals surface area contributed by atoms with Crippen LogP contribution in [0.25, 0.3) is 0 Å². The van der Waals surface area contributed by atoms with Crippen molar-refractivity contribution < 1.29 is 9.68 Å². The van der Waals surface area contributed by atoms with Gasteiger partial charge < -0.3 is 5.11 Å². The number of benzene rings is 1. The van der Waals surface area contributed by atoms with Crippen molar-refractivity contribution in [2.24, 2.45) is 0 Å². The second-order valence-corrected chi connectivity index (χ2v) is 7.57. The molecule has 23 heavy (non-hydrogen) atoms. The smallest absolute Gasteiger partial charge is 0.280 e. The van der Waals surface area contributed by atoms with Gasteiger partial charge in [-0.05, 0) is 55.3 Å². The molecule has 0 amide bonds. The van der Waals surface area contributed by atoms with Crippen molar-refractivity contribution in [1.82, 2.24) is 0 Å². The van der Waals surface area contributed by atoms with E-state index in [1.54, 1.807) is 11.3 Å². The summed E-state index contributed by atoms with van der Waals surface area (Å²) in [5.74, 6) is 1.28. The average Bonchev–Trinajstić information content (AvgIpc) is 3.19. The molecule has 120 valence electrons. The maximum atomic E-state index is 11.5. The number of β-amino-alcohol motifs (C(OH)–C–C–N with tert-alkyl or cyclic N) is 1. The number of aliphatic hydroxyl groups is 1. The number of nitrogens with zero attached hydrogens (tertiary/aromatic N) is 2. The van der Waals surface area contributed by atoms with Crippen LogP contribution in [0.3, 0.4) is 0 Å². The summed E-state index contributed by atoms with van der Waals surface area (Å²) in [6, 6.07) is 10.5. The third-order valence-electron chi connectivity index (χ3n) is 5.26. The summed E-state index contributed by atoms with van der Waals surface area (Å²) < 4.78 is 2.24. The fraction of sp³-hybridized carbons (Fsp3) is 0.421. The highest BCUT2D eigenvalue weighted by molar-refractivity contribution is 7.10. The Morgan fingerprint density at radius 1 is 1.17 bits per heavy atom. The summed E-state index contributed by atoms with van der Waals surface area (Å²) in [7, 11) is 0. The topological polar surface area (TPSA) is 26.5 Å². The summed E-state index contributed by atoms with van der Waals surface area (Å²) in [6.45, 7) is 5.89. The summed E-state index contributed by atoms with van der Waals surface area (Å²) in [6.07, 6.45) is 3.40. The minimum atomic E-state index is -0.889. The number of thiophene rings is 1. The quantitative estimate of drug-likeness (QED) is 0.853. The monoisotopic (exact) mass is 327 g/mol. The zero-order chi connectivity index (χ0) is 16.0. The molecule has 3 nitrogen and oxygen atoms in total. The lowest BCUT2D eigenvalue weighted by Gasteiger charge is -2.22. The van der Waals surface area contributed by atoms with Crippen LogP contribution in [-0.4, -0.2) is 28.6 Å². The molecule has 2 aromatic rings. The fourth-order valence-corrected chi connectivity index (χ4v) is 4.69. The van der Waals surface area contributed by atoms with Crippen molar-refractivity contribution in [3.63, 3.8) is 0 Å². The van der Waals surface area contributed by atoms with E-state index in [0.29, 0.717) is 6.54 Å². The molecule has 2 aliphatic rings. The predicted octanol–water partition coefficient (Wildman–Crippen LogP) is 3.63. The van der Waals surface area contributed by atoms with Gasteiger partial charge in [-0.25, -0.2) is 9.48 Å². The van der Waals surface area contributed by atoms with Crippen LogP contribution in [0.5, 0.6) is 0 Å². The number of amidine groups is 1. The summed E-state index contributed by atoms with van der Waals surface area (Å²) in [4.78, 5) is 3.39. The molecule has 0 fully saturated rings. The number of anilines is 1. The molecule has 3 heterocycles. The molecular formula is C19H23N2OS+. The van der Waals surface area contributed by atoms with E-state index >= 15 is 0 Å². The second kappa shape index (κ2) is 5.46. The summed E-state index contributed by atoms with van der Waals surface area (Å²) in [5.41, 5.74) is 2.96. The zero-order valence-corrected chi connectivity index (χ0v) is 14.6. The highest BCUT2D eigenvalue weighted by atomic mass is 32.1. The SMILES string of the molecule is Cc1cccc(N2C[C@](O)(c3cccs3)[N+]3=C2CCCC3)c1C. The zero-order valence-electron chi connectivity index (χ0n) is 13.7. The Morgan fingerprint density at radius 3 is 2.83 bits per heavy atom. The molecule has 0 aliphatic carbocycles. The molecule has 4 rings (SSSR count). The van der Waals surface area contributed by atoms with Crippen LogP contribution in [-0.2, 0) is 5.72 Å². The molecule has 0 unspecified atom stereocenters. The maximum Gasteiger partial charge on any atom is 0.280 e. The van der Waals surface area contributed by atoms with Gasteiger partial charge >= 0.3 is 0 Å². The normalized spacial score (nSPS) is 24.2. The third kappa shape index (κ3) is 2.24. The van der Waals surface area contributed by atoms with E-state index in [1.807, 2.05) is 6.07 Å². The lowest BCUT2D eigenvalue weighted by atomic mass is 10.1. The van der Waals surface area contributed by atoms with Crippen molar-refractivity contribution >= 4 is 22.9 Å². The highest BCUT2D eigenvalue weighted by Gasteiger charge is 2.53. The molecule has 1 aromatic carbocycles. The molecule has 0 saturated heterocycles. The first-order chi connectivity index (χ1) is 11.1. The van der Waals surface area contributed by atoms with Crippen LogP contribution < -0.4 is 4.90 Å². The van der Waals surface area contributed by atoms with Gasteiger partial charge in [-0.1, -0.05) is 18.2 Å². The minimum absolute atomic E-state index is 0.618. The Kier molecular flexibility index (Phi) is 3.54. The van der Waals surface area contributed by atoms with Gasteiger partial charge in [0.05, 0.1) is 11.4 Å². The first-order valence-electron chi connectivity index (χ1n) is 8.35. The Morgan fingerprint density at radius 2 is 2.04 bits per heavy atom. The summed E-state index contributed by atoms with van der Waals surface area (Å²) in [5, 5.41) is 13.6. The molecule has 2 aliphatic heterocycles. The second-order valence-electron chi connectivity index (χ2n) is 6.62. The van der Waals surface area contributed by atoms with Gasteiger partial charge in [-0.3, -0.25) is 0 Å². The van der Waals surface area contributed by atoms with E-state index in [1.165, 1.54) is 29.1 Å². The number of aryl methyl sites for hydroxylation is 1. The maximum absolute atomic E-state index is 11.5. The van der Waals surface area contributed by atoms with Gasteiger partial charge in [0.2, 0.25) is 0 Å². The van der Waals surface area contributed by atoms with Crippen molar-refractivity contribution in [2.75, 3.05) is 18.0 Å². The molecule has 0 bridgehead atoms. The standard InChI is InChI=1S/C19H23N2OS/c1-14-7-5-8-16(15(14)2)20-13-19(22,17-9-6-12-23-17)21-11-4-3-10-18(20)21/h5-9,12,22H,3-4,10-11,13H2,1-2H3/q+1/t19-/m0/s1. The van der Waals surface area contributed by atoms with E-state index in [9.17, 15) is 5.11 Å². The van der Waals surface area contributed by atoms with E-state index in [2.05, 4.69) is 53.0 Å². The van der Waals surface area contributed by atoms with Crippen LogP contribution >= 0.6 is 11.3 Å². The number of rotatable bonds is 2. The Balaban J connectivity index is 1.84. The van der Waals surface area contributed by atoms with E-state index in [-0.39, 0.29) is 0 Å². The molecule has 4 heteroatoms. The summed E-state index contributed by atoms with van der Waals surface area (Å²) >= 11 is 1.65. The lowest BCUT2D eigenvalue weighted by Crippen LogP contribution is -2.40. The van der Waals surface area contributed by atoms with E-state index in [4.69, 9.17) is 0 Å². The lowest BCUT2D eigenvalue weighted by molar-refractivity contribution is -0.660. The highest BCUT2D eigenvalue weighted by Crippen LogP contribution is 2.38. The van der Waals surface area contributed by atoms with Crippen LogP contribution in [0.1, 0.15) is 35.3 Å². The molecular weight excluding hydrogens is 304 g/mol. The minimum Gasteiger partial charge on any atom is -0.346 e. The Hall–Kier alpha value is -1.65. The fourth-order valence-electron chi connectivity index (χ4n) is 3.86. The van der Waals surface area contributed by atoms with E-state index < -0.39 is 5.72 Å². The molecule has 1 aromatic heterocycles. The van der Waals surface area contributed by atoms with Gasteiger partial charge in [-0.15, -0.1) is 11.3 Å². The first kappa shape index (κ1) is 14.9. The van der Waals surface area contributed by atoms with Gasteiger partial charge in [0.25, 0.3) is 11.6 Å². The third-order valence-corrected chi connectivity index (χ3v) is 6.27. The number of hydrogen-bond acceptors (Lipinski definition) is 3. The predicted molar refractivity (Wildman–Crippen MR) is 95.5 cm³/mol.